The average molecular weight is 372 g/mol. The molecule has 1 amide bonds. The van der Waals surface area contributed by atoms with Crippen LogP contribution in [0, 0.1) is 6.92 Å². The third-order valence-corrected chi connectivity index (χ3v) is 5.03. The predicted molar refractivity (Wildman–Crippen MR) is 110 cm³/mol. The van der Waals surface area contributed by atoms with Crippen molar-refractivity contribution in [3.8, 4) is 5.75 Å². The Morgan fingerprint density at radius 2 is 1.85 bits per heavy atom. The van der Waals surface area contributed by atoms with Gasteiger partial charge in [0.1, 0.15) is 5.75 Å². The molecular weight excluding hydrogens is 342 g/mol. The second kappa shape index (κ2) is 10.3. The minimum Gasteiger partial charge on any atom is -0.491 e. The highest BCUT2D eigenvalue weighted by Gasteiger charge is 2.13. The summed E-state index contributed by atoms with van der Waals surface area (Å²) in [4.78, 5) is 13.4. The van der Waals surface area contributed by atoms with Crippen molar-refractivity contribution in [1.82, 2.24) is 5.32 Å². The molecule has 0 radical (unpaired) electrons. The van der Waals surface area contributed by atoms with Gasteiger partial charge in [-0.2, -0.15) is 0 Å². The Labute approximate surface area is 161 Å². The first kappa shape index (κ1) is 20.4. The molecule has 0 aromatic heterocycles. The molecule has 1 atom stereocenters. The van der Waals surface area contributed by atoms with E-state index >= 15 is 0 Å². The molecule has 140 valence electrons. The van der Waals surface area contributed by atoms with Gasteiger partial charge in [0.05, 0.1) is 11.4 Å². The van der Waals surface area contributed by atoms with Gasteiger partial charge in [0.25, 0.3) is 0 Å². The molecule has 1 N–H and O–H groups in total. The second-order valence-corrected chi connectivity index (χ2v) is 8.20. The van der Waals surface area contributed by atoms with E-state index in [4.69, 9.17) is 4.74 Å². The maximum absolute atomic E-state index is 12.2. The van der Waals surface area contributed by atoms with Crippen LogP contribution in [-0.4, -0.2) is 23.8 Å². The Morgan fingerprint density at radius 1 is 1.12 bits per heavy atom. The van der Waals surface area contributed by atoms with E-state index in [0.29, 0.717) is 6.54 Å². The lowest BCUT2D eigenvalue weighted by atomic mass is 10.1. The van der Waals surface area contributed by atoms with Crippen molar-refractivity contribution in [2.24, 2.45) is 0 Å². The van der Waals surface area contributed by atoms with E-state index in [1.165, 1.54) is 11.1 Å². The molecule has 0 aliphatic carbocycles. The molecule has 26 heavy (non-hydrogen) atoms. The number of nitrogens with one attached hydrogen (secondary N) is 1. The van der Waals surface area contributed by atoms with Crippen molar-refractivity contribution in [2.45, 2.75) is 56.8 Å². The van der Waals surface area contributed by atoms with Gasteiger partial charge in [-0.3, -0.25) is 4.79 Å². The van der Waals surface area contributed by atoms with Crippen molar-refractivity contribution in [3.63, 3.8) is 0 Å². The van der Waals surface area contributed by atoms with Gasteiger partial charge >= 0.3 is 0 Å². The maximum Gasteiger partial charge on any atom is 0.233 e. The number of ether oxygens (including phenoxy) is 1. The van der Waals surface area contributed by atoms with Crippen molar-refractivity contribution < 1.29 is 9.53 Å². The summed E-state index contributed by atoms with van der Waals surface area (Å²) in [6.07, 6.45) is 2.02. The lowest BCUT2D eigenvalue weighted by Crippen LogP contribution is -2.31. The molecule has 0 saturated carbocycles. The summed E-state index contributed by atoms with van der Waals surface area (Å²) >= 11 is 1.59. The van der Waals surface area contributed by atoms with Crippen LogP contribution in [0.15, 0.2) is 53.4 Å². The highest BCUT2D eigenvalue weighted by atomic mass is 32.2. The SMILES string of the molecule is Cc1ccc(SC(C)C(=O)NCCCc2cccc(OC(C)C)c2)cc1. The van der Waals surface area contributed by atoms with Gasteiger partial charge < -0.3 is 10.1 Å². The van der Waals surface area contributed by atoms with Crippen LogP contribution in [0.25, 0.3) is 0 Å². The third-order valence-electron chi connectivity index (χ3n) is 3.91. The van der Waals surface area contributed by atoms with Crippen LogP contribution in [0.5, 0.6) is 5.75 Å². The summed E-state index contributed by atoms with van der Waals surface area (Å²) in [5, 5.41) is 2.94. The standard InChI is InChI=1S/C22H29NO2S/c1-16(2)25-20-9-5-7-19(15-20)8-6-14-23-22(24)18(4)26-21-12-10-17(3)11-13-21/h5,7,9-13,15-16,18H,6,8,14H2,1-4H3,(H,23,24). The molecular formula is C22H29NO2S. The molecule has 4 heteroatoms. The minimum atomic E-state index is -0.0968. The summed E-state index contributed by atoms with van der Waals surface area (Å²) in [7, 11) is 0. The quantitative estimate of drug-likeness (QED) is 0.497. The number of benzene rings is 2. The summed E-state index contributed by atoms with van der Waals surface area (Å²) in [6, 6.07) is 16.5. The van der Waals surface area contributed by atoms with Crippen LogP contribution in [0.2, 0.25) is 0 Å². The van der Waals surface area contributed by atoms with Crippen molar-refractivity contribution in [3.05, 3.63) is 59.7 Å². The molecule has 0 saturated heterocycles. The molecule has 0 aliphatic heterocycles. The minimum absolute atomic E-state index is 0.0902. The van der Waals surface area contributed by atoms with Crippen LogP contribution < -0.4 is 10.1 Å². The smallest absolute Gasteiger partial charge is 0.233 e. The number of rotatable bonds is 9. The van der Waals surface area contributed by atoms with Gasteiger partial charge in [-0.15, -0.1) is 11.8 Å². The van der Waals surface area contributed by atoms with E-state index in [-0.39, 0.29) is 17.3 Å². The molecule has 2 rings (SSSR count). The summed E-state index contributed by atoms with van der Waals surface area (Å²) in [6.45, 7) is 8.75. The molecule has 0 fully saturated rings. The fraction of sp³-hybridized carbons (Fsp3) is 0.409. The van der Waals surface area contributed by atoms with Crippen LogP contribution >= 0.6 is 11.8 Å². The largest absolute Gasteiger partial charge is 0.491 e. The Balaban J connectivity index is 1.71. The van der Waals surface area contributed by atoms with E-state index in [9.17, 15) is 4.79 Å². The highest BCUT2D eigenvalue weighted by molar-refractivity contribution is 8.00. The zero-order chi connectivity index (χ0) is 18.9. The van der Waals surface area contributed by atoms with E-state index < -0.39 is 0 Å². The van der Waals surface area contributed by atoms with Crippen LogP contribution in [0.1, 0.15) is 38.3 Å². The predicted octanol–water partition coefficient (Wildman–Crippen LogP) is 5.01. The van der Waals surface area contributed by atoms with E-state index in [0.717, 1.165) is 23.5 Å². The molecule has 0 spiro atoms. The normalized spacial score (nSPS) is 12.0. The summed E-state index contributed by atoms with van der Waals surface area (Å²) in [5.41, 5.74) is 2.47. The fourth-order valence-electron chi connectivity index (χ4n) is 2.57. The van der Waals surface area contributed by atoms with Gasteiger partial charge in [0.15, 0.2) is 0 Å². The van der Waals surface area contributed by atoms with Crippen molar-refractivity contribution in [1.29, 1.82) is 0 Å². The number of thioether (sulfide) groups is 1. The Bertz CT molecular complexity index is 698. The molecule has 0 heterocycles. The molecule has 0 bridgehead atoms. The van der Waals surface area contributed by atoms with Gasteiger partial charge in [-0.05, 0) is 70.4 Å². The Morgan fingerprint density at radius 3 is 2.54 bits per heavy atom. The number of amides is 1. The van der Waals surface area contributed by atoms with E-state index in [2.05, 4.69) is 48.6 Å². The Hall–Kier alpha value is -1.94. The third kappa shape index (κ3) is 7.12. The lowest BCUT2D eigenvalue weighted by molar-refractivity contribution is -0.120. The molecule has 2 aromatic carbocycles. The van der Waals surface area contributed by atoms with Crippen LogP contribution in [-0.2, 0) is 11.2 Å². The average Bonchev–Trinajstić information content (AvgIpc) is 2.60. The number of hydrogen-bond acceptors (Lipinski definition) is 3. The van der Waals surface area contributed by atoms with E-state index in [1.807, 2.05) is 32.9 Å². The first-order chi connectivity index (χ1) is 12.4. The number of carbonyl (C=O) groups excluding carboxylic acids is 1. The summed E-state index contributed by atoms with van der Waals surface area (Å²) < 4.78 is 5.72. The lowest BCUT2D eigenvalue weighted by Gasteiger charge is -2.13. The highest BCUT2D eigenvalue weighted by Crippen LogP contribution is 2.23. The second-order valence-electron chi connectivity index (χ2n) is 6.78. The zero-order valence-corrected chi connectivity index (χ0v) is 16.9. The molecule has 3 nitrogen and oxygen atoms in total. The number of hydrogen-bond donors (Lipinski definition) is 1. The first-order valence-electron chi connectivity index (χ1n) is 9.20. The van der Waals surface area contributed by atoms with Crippen LogP contribution in [0.3, 0.4) is 0 Å². The van der Waals surface area contributed by atoms with E-state index in [1.54, 1.807) is 11.8 Å². The van der Waals surface area contributed by atoms with Crippen LogP contribution in [0.4, 0.5) is 0 Å². The van der Waals surface area contributed by atoms with Gasteiger partial charge in [0.2, 0.25) is 5.91 Å². The number of aryl methyl sites for hydroxylation is 2. The summed E-state index contributed by atoms with van der Waals surface area (Å²) in [5.74, 6) is 0.997. The van der Waals surface area contributed by atoms with Gasteiger partial charge in [0, 0.05) is 11.4 Å². The fourth-order valence-corrected chi connectivity index (χ4v) is 3.46. The zero-order valence-electron chi connectivity index (χ0n) is 16.1. The van der Waals surface area contributed by atoms with Crippen molar-refractivity contribution in [2.75, 3.05) is 6.54 Å². The topological polar surface area (TPSA) is 38.3 Å². The van der Waals surface area contributed by atoms with Crippen molar-refractivity contribution >= 4 is 17.7 Å². The van der Waals surface area contributed by atoms with Gasteiger partial charge in [-0.25, -0.2) is 0 Å². The Kier molecular flexibility index (Phi) is 8.05. The molecule has 0 aliphatic rings. The van der Waals surface area contributed by atoms with Gasteiger partial charge in [-0.1, -0.05) is 29.8 Å². The number of carbonyl (C=O) groups is 1. The molecule has 2 aromatic rings. The monoisotopic (exact) mass is 371 g/mol. The maximum atomic E-state index is 12.2. The first-order valence-corrected chi connectivity index (χ1v) is 10.1. The molecule has 1 unspecified atom stereocenters.